The van der Waals surface area contributed by atoms with Crippen molar-refractivity contribution in [3.8, 4) is 0 Å². The van der Waals surface area contributed by atoms with E-state index in [1.165, 1.54) is 10.8 Å². The average Bonchev–Trinajstić information content (AvgIpc) is 2.52. The molecule has 0 aliphatic heterocycles. The molecule has 0 atom stereocenters. The van der Waals surface area contributed by atoms with Crippen molar-refractivity contribution in [1.82, 2.24) is 4.57 Å². The first kappa shape index (κ1) is 13.9. The van der Waals surface area contributed by atoms with E-state index >= 15 is 0 Å². The highest BCUT2D eigenvalue weighted by atomic mass is 79.9. The second-order valence-electron chi connectivity index (χ2n) is 4.80. The highest BCUT2D eigenvalue weighted by Crippen LogP contribution is 2.29. The summed E-state index contributed by atoms with van der Waals surface area (Å²) in [7, 11) is 0. The minimum atomic E-state index is 0.0277. The summed E-state index contributed by atoms with van der Waals surface area (Å²) in [6, 6.07) is 17.5. The van der Waals surface area contributed by atoms with E-state index < -0.39 is 0 Å². The lowest BCUT2D eigenvalue weighted by molar-refractivity contribution is 0.698. The third kappa shape index (κ3) is 3.00. The fourth-order valence-electron chi connectivity index (χ4n) is 2.37. The molecule has 0 saturated heterocycles. The topological polar surface area (TPSA) is 34.0 Å². The van der Waals surface area contributed by atoms with Gasteiger partial charge in [-0.1, -0.05) is 46.3 Å². The van der Waals surface area contributed by atoms with Crippen LogP contribution >= 0.6 is 15.9 Å². The molecule has 0 aliphatic carbocycles. The fraction of sp³-hybridized carbons (Fsp3) is 0.118. The van der Waals surface area contributed by atoms with Crippen LogP contribution in [0.25, 0.3) is 10.8 Å². The molecule has 21 heavy (non-hydrogen) atoms. The van der Waals surface area contributed by atoms with E-state index in [9.17, 15) is 4.79 Å². The van der Waals surface area contributed by atoms with Crippen LogP contribution in [0.4, 0.5) is 5.69 Å². The smallest absolute Gasteiger partial charge is 0.250 e. The summed E-state index contributed by atoms with van der Waals surface area (Å²) in [4.78, 5) is 11.6. The number of benzene rings is 2. The highest BCUT2D eigenvalue weighted by molar-refractivity contribution is 9.10. The number of fused-ring (bicyclic) bond motifs is 1. The Bertz CT molecular complexity index is 826. The number of hydrogen-bond donors (Lipinski definition) is 1. The first-order valence-electron chi connectivity index (χ1n) is 6.82. The van der Waals surface area contributed by atoms with Crippen LogP contribution in [0.15, 0.2) is 70.1 Å². The molecule has 0 radical (unpaired) electrons. The summed E-state index contributed by atoms with van der Waals surface area (Å²) in [5, 5.41) is 5.76. The normalized spacial score (nSPS) is 10.7. The minimum absolute atomic E-state index is 0.0277. The van der Waals surface area contributed by atoms with Gasteiger partial charge < -0.3 is 9.88 Å². The molecule has 0 spiro atoms. The van der Waals surface area contributed by atoms with Crippen molar-refractivity contribution in [3.05, 3.63) is 75.6 Å². The van der Waals surface area contributed by atoms with Crippen molar-refractivity contribution in [2.45, 2.75) is 6.54 Å². The van der Waals surface area contributed by atoms with E-state index in [-0.39, 0.29) is 5.56 Å². The van der Waals surface area contributed by atoms with Crippen LogP contribution in [0.1, 0.15) is 0 Å². The minimum Gasteiger partial charge on any atom is -0.383 e. The highest BCUT2D eigenvalue weighted by Gasteiger charge is 2.03. The van der Waals surface area contributed by atoms with Crippen molar-refractivity contribution < 1.29 is 0 Å². The Balaban J connectivity index is 1.79. The molecule has 0 bridgehead atoms. The zero-order valence-corrected chi connectivity index (χ0v) is 13.0. The van der Waals surface area contributed by atoms with Gasteiger partial charge in [0.15, 0.2) is 0 Å². The predicted octanol–water partition coefficient (Wildman–Crippen LogP) is 3.88. The Hall–Kier alpha value is -2.07. The number of pyridine rings is 1. The standard InChI is InChI=1S/C17H15BrN2O/c18-15-8-9-16(14-6-2-1-5-13(14)15)19-10-12-20-11-4-3-7-17(20)21/h1-9,11,19H,10,12H2. The van der Waals surface area contributed by atoms with Gasteiger partial charge in [-0.05, 0) is 23.6 Å². The molecule has 4 heteroatoms. The number of hydrogen-bond acceptors (Lipinski definition) is 2. The lowest BCUT2D eigenvalue weighted by Gasteiger charge is -2.12. The van der Waals surface area contributed by atoms with Crippen LogP contribution in [0.3, 0.4) is 0 Å². The summed E-state index contributed by atoms with van der Waals surface area (Å²) in [5.74, 6) is 0. The molecule has 0 unspecified atom stereocenters. The Morgan fingerprint density at radius 1 is 0.952 bits per heavy atom. The van der Waals surface area contributed by atoms with Gasteiger partial charge in [0, 0.05) is 40.9 Å². The number of halogens is 1. The molecule has 1 aromatic heterocycles. The largest absolute Gasteiger partial charge is 0.383 e. The van der Waals surface area contributed by atoms with Gasteiger partial charge in [0.2, 0.25) is 0 Å². The first-order valence-corrected chi connectivity index (χ1v) is 7.61. The monoisotopic (exact) mass is 342 g/mol. The molecular weight excluding hydrogens is 328 g/mol. The fourth-order valence-corrected chi connectivity index (χ4v) is 2.85. The third-order valence-electron chi connectivity index (χ3n) is 3.44. The van der Waals surface area contributed by atoms with Crippen molar-refractivity contribution in [1.29, 1.82) is 0 Å². The van der Waals surface area contributed by atoms with Crippen LogP contribution in [0.5, 0.6) is 0 Å². The molecule has 0 fully saturated rings. The molecule has 3 aromatic rings. The van der Waals surface area contributed by atoms with Crippen molar-refractivity contribution in [2.24, 2.45) is 0 Å². The zero-order valence-electron chi connectivity index (χ0n) is 11.4. The number of anilines is 1. The van der Waals surface area contributed by atoms with Crippen LogP contribution in [-0.2, 0) is 6.54 Å². The molecule has 1 heterocycles. The van der Waals surface area contributed by atoms with Gasteiger partial charge in [0.25, 0.3) is 5.56 Å². The number of nitrogens with one attached hydrogen (secondary N) is 1. The molecule has 0 saturated carbocycles. The Morgan fingerprint density at radius 3 is 2.52 bits per heavy atom. The molecule has 1 N–H and O–H groups in total. The van der Waals surface area contributed by atoms with Gasteiger partial charge in [-0.25, -0.2) is 0 Å². The van der Waals surface area contributed by atoms with Crippen LogP contribution in [0.2, 0.25) is 0 Å². The molecule has 3 nitrogen and oxygen atoms in total. The van der Waals surface area contributed by atoms with E-state index in [2.05, 4.69) is 39.4 Å². The molecule has 0 amide bonds. The second kappa shape index (κ2) is 6.14. The van der Waals surface area contributed by atoms with Gasteiger partial charge >= 0.3 is 0 Å². The Labute approximate surface area is 131 Å². The average molecular weight is 343 g/mol. The predicted molar refractivity (Wildman–Crippen MR) is 90.8 cm³/mol. The first-order chi connectivity index (χ1) is 10.3. The van der Waals surface area contributed by atoms with Crippen molar-refractivity contribution >= 4 is 32.4 Å². The Morgan fingerprint density at radius 2 is 1.71 bits per heavy atom. The molecular formula is C17H15BrN2O. The van der Waals surface area contributed by atoms with E-state index in [0.717, 1.165) is 10.2 Å². The summed E-state index contributed by atoms with van der Waals surface area (Å²) in [5.41, 5.74) is 1.11. The maximum atomic E-state index is 11.6. The lowest BCUT2D eigenvalue weighted by Crippen LogP contribution is -2.22. The third-order valence-corrected chi connectivity index (χ3v) is 4.13. The van der Waals surface area contributed by atoms with E-state index in [0.29, 0.717) is 13.1 Å². The lowest BCUT2D eigenvalue weighted by atomic mass is 10.1. The summed E-state index contributed by atoms with van der Waals surface area (Å²) in [6.45, 7) is 1.35. The van der Waals surface area contributed by atoms with Crippen LogP contribution < -0.4 is 10.9 Å². The van der Waals surface area contributed by atoms with Gasteiger partial charge in [0.05, 0.1) is 0 Å². The van der Waals surface area contributed by atoms with E-state index in [4.69, 9.17) is 0 Å². The zero-order chi connectivity index (χ0) is 14.7. The number of aromatic nitrogens is 1. The van der Waals surface area contributed by atoms with E-state index in [1.807, 2.05) is 30.5 Å². The van der Waals surface area contributed by atoms with E-state index in [1.54, 1.807) is 16.7 Å². The Kier molecular flexibility index (Phi) is 4.06. The molecule has 2 aromatic carbocycles. The SMILES string of the molecule is O=c1ccccn1CCNc1ccc(Br)c2ccccc12. The van der Waals surface area contributed by atoms with Crippen molar-refractivity contribution in [2.75, 3.05) is 11.9 Å². The maximum absolute atomic E-state index is 11.6. The number of nitrogens with zero attached hydrogens (tertiary/aromatic N) is 1. The van der Waals surface area contributed by atoms with Crippen molar-refractivity contribution in [3.63, 3.8) is 0 Å². The van der Waals surface area contributed by atoms with Crippen LogP contribution in [-0.4, -0.2) is 11.1 Å². The van der Waals surface area contributed by atoms with Gasteiger partial charge in [-0.2, -0.15) is 0 Å². The quantitative estimate of drug-likeness (QED) is 0.780. The van der Waals surface area contributed by atoms with Gasteiger partial charge in [0.1, 0.15) is 0 Å². The maximum Gasteiger partial charge on any atom is 0.250 e. The summed E-state index contributed by atoms with van der Waals surface area (Å²) in [6.07, 6.45) is 1.81. The second-order valence-corrected chi connectivity index (χ2v) is 5.65. The summed E-state index contributed by atoms with van der Waals surface area (Å²) < 4.78 is 2.79. The molecule has 3 rings (SSSR count). The molecule has 0 aliphatic rings. The molecule has 106 valence electrons. The number of rotatable bonds is 4. The summed E-state index contributed by atoms with van der Waals surface area (Å²) >= 11 is 3.57. The van der Waals surface area contributed by atoms with Crippen LogP contribution in [0, 0.1) is 0 Å². The van der Waals surface area contributed by atoms with Gasteiger partial charge in [-0.15, -0.1) is 0 Å². The van der Waals surface area contributed by atoms with Gasteiger partial charge in [-0.3, -0.25) is 4.79 Å².